The van der Waals surface area contributed by atoms with Crippen molar-refractivity contribution in [1.29, 1.82) is 0 Å². The third-order valence-corrected chi connectivity index (χ3v) is 6.02. The van der Waals surface area contributed by atoms with Crippen molar-refractivity contribution in [2.24, 2.45) is 0 Å². The molecule has 2 aliphatic heterocycles. The second-order valence-electron chi connectivity index (χ2n) is 7.37. The maximum atomic E-state index is 13.2. The molecule has 2 aromatic rings. The van der Waals surface area contributed by atoms with Crippen LogP contribution in [-0.4, -0.2) is 44.6 Å². The van der Waals surface area contributed by atoms with E-state index >= 15 is 0 Å². The van der Waals surface area contributed by atoms with Crippen molar-refractivity contribution in [2.75, 3.05) is 38.7 Å². The summed E-state index contributed by atoms with van der Waals surface area (Å²) >= 11 is 6.10. The molecule has 136 valence electrons. The Morgan fingerprint density at radius 3 is 2.62 bits per heavy atom. The lowest BCUT2D eigenvalue weighted by Gasteiger charge is -2.38. The van der Waals surface area contributed by atoms with Crippen molar-refractivity contribution in [1.82, 2.24) is 4.90 Å². The second-order valence-corrected chi connectivity index (χ2v) is 7.80. The molecule has 26 heavy (non-hydrogen) atoms. The minimum atomic E-state index is 0.00458. The van der Waals surface area contributed by atoms with E-state index in [-0.39, 0.29) is 11.3 Å². The molecule has 2 heterocycles. The predicted octanol–water partition coefficient (Wildman–Crippen LogP) is 3.97. The molecule has 1 spiro atoms. The Morgan fingerprint density at radius 1 is 1.15 bits per heavy atom. The van der Waals surface area contributed by atoms with Crippen LogP contribution in [-0.2, 0) is 5.41 Å². The maximum absolute atomic E-state index is 13.2. The molecule has 2 aromatic carbocycles. The minimum Gasteiger partial charge on any atom is -0.497 e. The lowest BCUT2D eigenvalue weighted by atomic mass is 9.74. The molecule has 0 aromatic heterocycles. The van der Waals surface area contributed by atoms with Crippen LogP contribution in [0.15, 0.2) is 42.5 Å². The number of anilines is 1. The standard InChI is InChI=1S/C21H23ClN2O2/c1-23-10-8-21(9-11-23)14-24(19-7-6-17(26-2)13-18(19)21)20(25)15-4-3-5-16(22)12-15/h3-7,12-13H,8-11,14H2,1-2H3. The van der Waals surface area contributed by atoms with Crippen molar-refractivity contribution < 1.29 is 9.53 Å². The third kappa shape index (κ3) is 2.87. The zero-order valence-electron chi connectivity index (χ0n) is 15.2. The number of carbonyl (C=O) groups is 1. The molecule has 0 atom stereocenters. The van der Waals surface area contributed by atoms with Crippen LogP contribution in [0.2, 0.25) is 5.02 Å². The first-order valence-corrected chi connectivity index (χ1v) is 9.35. The van der Waals surface area contributed by atoms with E-state index in [1.807, 2.05) is 29.2 Å². The molecular formula is C21H23ClN2O2. The first-order valence-electron chi connectivity index (χ1n) is 8.97. The number of ether oxygens (including phenoxy) is 1. The summed E-state index contributed by atoms with van der Waals surface area (Å²) in [5.74, 6) is 0.855. The van der Waals surface area contributed by atoms with E-state index in [0.29, 0.717) is 17.1 Å². The van der Waals surface area contributed by atoms with Crippen LogP contribution in [0.3, 0.4) is 0 Å². The molecule has 2 aliphatic rings. The van der Waals surface area contributed by atoms with Gasteiger partial charge in [-0.15, -0.1) is 0 Å². The van der Waals surface area contributed by atoms with Crippen LogP contribution in [0.5, 0.6) is 5.75 Å². The number of nitrogens with zero attached hydrogens (tertiary/aromatic N) is 2. The topological polar surface area (TPSA) is 32.8 Å². The summed E-state index contributed by atoms with van der Waals surface area (Å²) in [7, 11) is 3.84. The zero-order chi connectivity index (χ0) is 18.3. The smallest absolute Gasteiger partial charge is 0.258 e. The zero-order valence-corrected chi connectivity index (χ0v) is 15.9. The average molecular weight is 371 g/mol. The fourth-order valence-electron chi connectivity index (χ4n) is 4.21. The summed E-state index contributed by atoms with van der Waals surface area (Å²) < 4.78 is 5.46. The third-order valence-electron chi connectivity index (χ3n) is 5.79. The van der Waals surface area contributed by atoms with Gasteiger partial charge in [0, 0.05) is 28.2 Å². The maximum Gasteiger partial charge on any atom is 0.258 e. The van der Waals surface area contributed by atoms with Gasteiger partial charge in [-0.05, 0) is 74.9 Å². The molecule has 0 radical (unpaired) electrons. The highest BCUT2D eigenvalue weighted by Crippen LogP contribution is 2.48. The quantitative estimate of drug-likeness (QED) is 0.801. The Bertz CT molecular complexity index is 844. The molecule has 1 saturated heterocycles. The van der Waals surface area contributed by atoms with Gasteiger partial charge in [-0.25, -0.2) is 0 Å². The number of carbonyl (C=O) groups excluding carboxylic acids is 1. The van der Waals surface area contributed by atoms with E-state index in [1.54, 1.807) is 19.2 Å². The molecule has 1 amide bonds. The van der Waals surface area contributed by atoms with E-state index < -0.39 is 0 Å². The number of methoxy groups -OCH3 is 1. The molecule has 0 N–H and O–H groups in total. The van der Waals surface area contributed by atoms with Gasteiger partial charge in [0.1, 0.15) is 5.75 Å². The summed E-state index contributed by atoms with van der Waals surface area (Å²) in [4.78, 5) is 17.5. The minimum absolute atomic E-state index is 0.00458. The molecule has 4 nitrogen and oxygen atoms in total. The molecule has 4 rings (SSSR count). The van der Waals surface area contributed by atoms with E-state index in [2.05, 4.69) is 18.0 Å². The largest absolute Gasteiger partial charge is 0.497 e. The van der Waals surface area contributed by atoms with Gasteiger partial charge in [0.2, 0.25) is 0 Å². The van der Waals surface area contributed by atoms with Gasteiger partial charge in [0.15, 0.2) is 0 Å². The molecule has 1 fully saturated rings. The van der Waals surface area contributed by atoms with Crippen molar-refractivity contribution in [2.45, 2.75) is 18.3 Å². The highest BCUT2D eigenvalue weighted by atomic mass is 35.5. The predicted molar refractivity (Wildman–Crippen MR) is 105 cm³/mol. The first-order chi connectivity index (χ1) is 12.5. The monoisotopic (exact) mass is 370 g/mol. The highest BCUT2D eigenvalue weighted by Gasteiger charge is 2.46. The summed E-state index contributed by atoms with van der Waals surface area (Å²) in [6.45, 7) is 2.79. The van der Waals surface area contributed by atoms with Gasteiger partial charge < -0.3 is 14.5 Å². The van der Waals surface area contributed by atoms with Gasteiger partial charge in [-0.3, -0.25) is 4.79 Å². The number of amides is 1. The number of hydrogen-bond donors (Lipinski definition) is 0. The van der Waals surface area contributed by atoms with Gasteiger partial charge >= 0.3 is 0 Å². The molecule has 0 bridgehead atoms. The van der Waals surface area contributed by atoms with E-state index in [9.17, 15) is 4.79 Å². The Kier molecular flexibility index (Phi) is 4.41. The van der Waals surface area contributed by atoms with Crippen LogP contribution >= 0.6 is 11.6 Å². The number of likely N-dealkylation sites (tertiary alicyclic amines) is 1. The summed E-state index contributed by atoms with van der Waals surface area (Å²) in [5, 5.41) is 0.582. The van der Waals surface area contributed by atoms with Gasteiger partial charge in [0.05, 0.1) is 7.11 Å². The van der Waals surface area contributed by atoms with Crippen LogP contribution in [0.1, 0.15) is 28.8 Å². The second kappa shape index (κ2) is 6.60. The van der Waals surface area contributed by atoms with Crippen molar-refractivity contribution in [3.8, 4) is 5.75 Å². The van der Waals surface area contributed by atoms with E-state index in [0.717, 1.165) is 37.4 Å². The van der Waals surface area contributed by atoms with Crippen molar-refractivity contribution in [3.05, 3.63) is 58.6 Å². The lowest BCUT2D eigenvalue weighted by molar-refractivity contribution is 0.0979. The Morgan fingerprint density at radius 2 is 1.92 bits per heavy atom. The summed E-state index contributed by atoms with van der Waals surface area (Å²) in [6, 6.07) is 13.3. The Hall–Kier alpha value is -2.04. The first kappa shape index (κ1) is 17.4. The van der Waals surface area contributed by atoms with Crippen LogP contribution < -0.4 is 9.64 Å². The normalized spacial score (nSPS) is 18.8. The lowest BCUT2D eigenvalue weighted by Crippen LogP contribution is -2.44. The molecule has 0 saturated carbocycles. The summed E-state index contributed by atoms with van der Waals surface area (Å²) in [6.07, 6.45) is 2.09. The Balaban J connectivity index is 1.75. The molecule has 0 unspecified atom stereocenters. The van der Waals surface area contributed by atoms with Crippen LogP contribution in [0.4, 0.5) is 5.69 Å². The van der Waals surface area contributed by atoms with Gasteiger partial charge in [-0.1, -0.05) is 17.7 Å². The fraction of sp³-hybridized carbons (Fsp3) is 0.381. The van der Waals surface area contributed by atoms with Gasteiger partial charge in [-0.2, -0.15) is 0 Å². The Labute approximate surface area is 159 Å². The van der Waals surface area contributed by atoms with Gasteiger partial charge in [0.25, 0.3) is 5.91 Å². The molecule has 5 heteroatoms. The molecular weight excluding hydrogens is 348 g/mol. The number of halogens is 1. The number of rotatable bonds is 2. The van der Waals surface area contributed by atoms with Crippen LogP contribution in [0, 0.1) is 0 Å². The number of fused-ring (bicyclic) bond motifs is 2. The number of hydrogen-bond acceptors (Lipinski definition) is 3. The molecule has 0 aliphatic carbocycles. The van der Waals surface area contributed by atoms with E-state index in [4.69, 9.17) is 16.3 Å². The van der Waals surface area contributed by atoms with Crippen molar-refractivity contribution in [3.63, 3.8) is 0 Å². The van der Waals surface area contributed by atoms with Crippen LogP contribution in [0.25, 0.3) is 0 Å². The number of piperidine rings is 1. The number of benzene rings is 2. The van der Waals surface area contributed by atoms with E-state index in [1.165, 1.54) is 5.56 Å². The average Bonchev–Trinajstić information content (AvgIpc) is 2.97. The van der Waals surface area contributed by atoms with Crippen molar-refractivity contribution >= 4 is 23.2 Å². The summed E-state index contributed by atoms with van der Waals surface area (Å²) in [5.41, 5.74) is 2.87. The fourth-order valence-corrected chi connectivity index (χ4v) is 4.40. The highest BCUT2D eigenvalue weighted by molar-refractivity contribution is 6.31. The SMILES string of the molecule is COc1ccc2c(c1)C1(CCN(C)CC1)CN2C(=O)c1cccc(Cl)c1.